The minimum atomic E-state index is -1.07. The first-order valence-electron chi connectivity index (χ1n) is 9.79. The first-order chi connectivity index (χ1) is 13.6. The van der Waals surface area contributed by atoms with Crippen LogP contribution in [0.4, 0.5) is 10.5 Å². The number of nitrogens with zero attached hydrogens (tertiary/aromatic N) is 1. The maximum atomic E-state index is 12.6. The monoisotopic (exact) mass is 403 g/mol. The molecule has 158 valence electrons. The Kier molecular flexibility index (Phi) is 7.00. The van der Waals surface area contributed by atoms with Crippen LogP contribution in [0.5, 0.6) is 0 Å². The van der Waals surface area contributed by atoms with E-state index in [2.05, 4.69) is 10.6 Å². The number of carbonyl (C=O) groups excluding carboxylic acids is 4. The molecule has 8 nitrogen and oxygen atoms in total. The van der Waals surface area contributed by atoms with E-state index in [1.54, 1.807) is 6.92 Å². The van der Waals surface area contributed by atoms with Crippen molar-refractivity contribution in [3.8, 4) is 0 Å². The lowest BCUT2D eigenvalue weighted by molar-refractivity contribution is -0.155. The zero-order chi connectivity index (χ0) is 21.8. The van der Waals surface area contributed by atoms with Crippen LogP contribution in [-0.4, -0.2) is 46.9 Å². The Hall–Kier alpha value is -2.90. The number of benzene rings is 1. The highest BCUT2D eigenvalue weighted by molar-refractivity contribution is 6.08. The van der Waals surface area contributed by atoms with E-state index in [1.165, 1.54) is 6.92 Å². The molecule has 0 unspecified atom stereocenters. The summed E-state index contributed by atoms with van der Waals surface area (Å²) in [4.78, 5) is 50.1. The van der Waals surface area contributed by atoms with Crippen LogP contribution in [0.3, 0.4) is 0 Å². The molecular weight excluding hydrogens is 374 g/mol. The molecule has 2 N–H and O–H groups in total. The van der Waals surface area contributed by atoms with Gasteiger partial charge in [-0.3, -0.25) is 19.3 Å². The third-order valence-corrected chi connectivity index (χ3v) is 4.99. The first-order valence-corrected chi connectivity index (χ1v) is 9.79. The van der Waals surface area contributed by atoms with Gasteiger partial charge in [0.05, 0.1) is 0 Å². The fourth-order valence-electron chi connectivity index (χ4n) is 3.11. The zero-order valence-electron chi connectivity index (χ0n) is 17.6. The molecule has 0 bridgehead atoms. The Morgan fingerprint density at radius 2 is 1.97 bits per heavy atom. The molecule has 0 radical (unpaired) electrons. The predicted molar refractivity (Wildman–Crippen MR) is 108 cm³/mol. The van der Waals surface area contributed by atoms with Crippen LogP contribution >= 0.6 is 0 Å². The van der Waals surface area contributed by atoms with Gasteiger partial charge in [-0.05, 0) is 51.3 Å². The number of unbranched alkanes of at least 4 members (excludes halogenated alkanes) is 1. The Morgan fingerprint density at radius 3 is 2.62 bits per heavy atom. The summed E-state index contributed by atoms with van der Waals surface area (Å²) < 4.78 is 5.14. The van der Waals surface area contributed by atoms with E-state index in [0.717, 1.165) is 28.9 Å². The van der Waals surface area contributed by atoms with Gasteiger partial charge < -0.3 is 15.4 Å². The Balaban J connectivity index is 1.94. The molecular formula is C21H29N3O5. The molecule has 1 fully saturated rings. The number of hydrogen-bond acceptors (Lipinski definition) is 5. The number of ether oxygens (including phenoxy) is 1. The summed E-state index contributed by atoms with van der Waals surface area (Å²) in [5.41, 5.74) is 1.49. The van der Waals surface area contributed by atoms with Gasteiger partial charge in [-0.15, -0.1) is 0 Å². The molecule has 1 aliphatic heterocycles. The van der Waals surface area contributed by atoms with Crippen LogP contribution in [0.25, 0.3) is 0 Å². The van der Waals surface area contributed by atoms with Gasteiger partial charge in [0, 0.05) is 5.69 Å². The van der Waals surface area contributed by atoms with Crippen molar-refractivity contribution >= 4 is 29.5 Å². The number of carbonyl (C=O) groups is 4. The minimum absolute atomic E-state index is 0.458. The Bertz CT molecular complexity index is 823. The largest absolute Gasteiger partial charge is 0.451 e. The summed E-state index contributed by atoms with van der Waals surface area (Å²) in [5, 5.41) is 5.37. The highest BCUT2D eigenvalue weighted by Gasteiger charge is 2.48. The second-order valence-corrected chi connectivity index (χ2v) is 7.70. The maximum Gasteiger partial charge on any atom is 0.327 e. The van der Waals surface area contributed by atoms with Crippen molar-refractivity contribution in [3.05, 3.63) is 29.3 Å². The number of nitrogens with one attached hydrogen (secondary N) is 2. The first kappa shape index (κ1) is 22.4. The van der Waals surface area contributed by atoms with Crippen molar-refractivity contribution in [3.63, 3.8) is 0 Å². The topological polar surface area (TPSA) is 105 Å². The van der Waals surface area contributed by atoms with Crippen molar-refractivity contribution in [2.24, 2.45) is 0 Å². The van der Waals surface area contributed by atoms with Crippen LogP contribution in [0.2, 0.25) is 0 Å². The number of urea groups is 1. The van der Waals surface area contributed by atoms with Gasteiger partial charge in [0.2, 0.25) is 0 Å². The minimum Gasteiger partial charge on any atom is -0.451 e. The van der Waals surface area contributed by atoms with Crippen LogP contribution in [0, 0.1) is 13.8 Å². The smallest absolute Gasteiger partial charge is 0.327 e. The molecule has 0 aromatic heterocycles. The van der Waals surface area contributed by atoms with E-state index in [4.69, 9.17) is 4.74 Å². The number of anilines is 1. The molecule has 2 rings (SSSR count). The van der Waals surface area contributed by atoms with Crippen molar-refractivity contribution in [1.82, 2.24) is 10.2 Å². The summed E-state index contributed by atoms with van der Waals surface area (Å²) in [6.45, 7) is 8.31. The summed E-state index contributed by atoms with van der Waals surface area (Å²) in [5.74, 6) is -1.77. The van der Waals surface area contributed by atoms with E-state index in [1.807, 2.05) is 39.0 Å². The number of amides is 4. The summed E-state index contributed by atoms with van der Waals surface area (Å²) in [6.07, 6.45) is 1.08. The van der Waals surface area contributed by atoms with E-state index < -0.39 is 42.0 Å². The molecule has 1 aliphatic rings. The van der Waals surface area contributed by atoms with Crippen LogP contribution in [-0.2, 0) is 19.1 Å². The van der Waals surface area contributed by atoms with Gasteiger partial charge >= 0.3 is 12.0 Å². The lowest BCUT2D eigenvalue weighted by Crippen LogP contribution is -2.44. The number of hydrogen-bond donors (Lipinski definition) is 2. The number of imide groups is 1. The Morgan fingerprint density at radius 1 is 1.28 bits per heavy atom. The van der Waals surface area contributed by atoms with Gasteiger partial charge in [0.15, 0.2) is 6.10 Å². The molecule has 4 amide bonds. The normalized spacial score (nSPS) is 19.7. The SMILES string of the molecule is CCCC[C@]1(C)NC(=O)N(CC(=O)O[C@H](C)C(=O)Nc2cc(C)ccc2C)C1=O. The fraction of sp³-hybridized carbons (Fsp3) is 0.524. The average Bonchev–Trinajstić information content (AvgIpc) is 2.86. The van der Waals surface area contributed by atoms with Crippen LogP contribution in [0.1, 0.15) is 51.2 Å². The second kappa shape index (κ2) is 9.07. The van der Waals surface area contributed by atoms with Gasteiger partial charge in [-0.1, -0.05) is 31.9 Å². The van der Waals surface area contributed by atoms with E-state index in [9.17, 15) is 19.2 Å². The molecule has 0 aliphatic carbocycles. The van der Waals surface area contributed by atoms with Crippen molar-refractivity contribution in [1.29, 1.82) is 0 Å². The molecule has 0 saturated carbocycles. The number of esters is 1. The average molecular weight is 403 g/mol. The third kappa shape index (κ3) is 5.34. The number of rotatable bonds is 8. The van der Waals surface area contributed by atoms with E-state index >= 15 is 0 Å². The molecule has 29 heavy (non-hydrogen) atoms. The van der Waals surface area contributed by atoms with Gasteiger partial charge in [-0.2, -0.15) is 0 Å². The quantitative estimate of drug-likeness (QED) is 0.513. The van der Waals surface area contributed by atoms with Crippen molar-refractivity contribution in [2.45, 2.75) is 65.5 Å². The lowest BCUT2D eigenvalue weighted by atomic mass is 9.95. The maximum absolute atomic E-state index is 12.6. The zero-order valence-corrected chi connectivity index (χ0v) is 17.6. The molecule has 0 spiro atoms. The summed E-state index contributed by atoms with van der Waals surface area (Å²) in [7, 11) is 0. The van der Waals surface area contributed by atoms with Gasteiger partial charge in [0.1, 0.15) is 12.1 Å². The molecule has 2 atom stereocenters. The van der Waals surface area contributed by atoms with Gasteiger partial charge in [0.25, 0.3) is 11.8 Å². The molecule has 8 heteroatoms. The Labute approximate surface area is 171 Å². The fourth-order valence-corrected chi connectivity index (χ4v) is 3.11. The highest BCUT2D eigenvalue weighted by Crippen LogP contribution is 2.23. The van der Waals surface area contributed by atoms with E-state index in [0.29, 0.717) is 12.1 Å². The molecule has 1 aromatic rings. The lowest BCUT2D eigenvalue weighted by Gasteiger charge is -2.21. The van der Waals surface area contributed by atoms with Crippen molar-refractivity contribution < 1.29 is 23.9 Å². The third-order valence-electron chi connectivity index (χ3n) is 4.99. The summed E-state index contributed by atoms with van der Waals surface area (Å²) >= 11 is 0. The standard InChI is InChI=1S/C21H29N3O5/c1-6-7-10-21(5)19(27)24(20(28)23-21)12-17(25)29-15(4)18(26)22-16-11-13(2)8-9-14(16)3/h8-9,11,15H,6-7,10,12H2,1-5H3,(H,22,26)(H,23,28)/t15-,21+/m1/s1. The molecule has 1 heterocycles. The highest BCUT2D eigenvalue weighted by atomic mass is 16.5. The van der Waals surface area contributed by atoms with E-state index in [-0.39, 0.29) is 0 Å². The van der Waals surface area contributed by atoms with Gasteiger partial charge in [-0.25, -0.2) is 4.79 Å². The summed E-state index contributed by atoms with van der Waals surface area (Å²) in [6, 6.07) is 5.01. The van der Waals surface area contributed by atoms with Crippen LogP contribution in [0.15, 0.2) is 18.2 Å². The molecule has 1 saturated heterocycles. The molecule has 1 aromatic carbocycles. The second-order valence-electron chi connectivity index (χ2n) is 7.70. The number of aryl methyl sites for hydroxylation is 2. The van der Waals surface area contributed by atoms with Crippen molar-refractivity contribution in [2.75, 3.05) is 11.9 Å². The van der Waals surface area contributed by atoms with Crippen LogP contribution < -0.4 is 10.6 Å². The predicted octanol–water partition coefficient (Wildman–Crippen LogP) is 2.67.